The number of aliphatic imine (C=N–C) groups is 1. The molecule has 0 fully saturated rings. The van der Waals surface area contributed by atoms with E-state index in [2.05, 4.69) is 20.3 Å². The largest absolute Gasteiger partial charge is 0.478 e. The lowest BCUT2D eigenvalue weighted by Gasteiger charge is -2.13. The van der Waals surface area contributed by atoms with Gasteiger partial charge in [-0.1, -0.05) is 35.3 Å². The van der Waals surface area contributed by atoms with Gasteiger partial charge in [-0.05, 0) is 42.5 Å². The molecule has 4 aromatic rings. The Hall–Kier alpha value is -3.88. The molecule has 5 rings (SSSR count). The minimum atomic E-state index is -1.17. The Morgan fingerprint density at radius 1 is 1.00 bits per heavy atom. The number of fused-ring (bicyclic) bond motifs is 3. The van der Waals surface area contributed by atoms with Crippen LogP contribution in [0.5, 0.6) is 0 Å². The average Bonchev–Trinajstić information content (AvgIpc) is 2.97. The van der Waals surface area contributed by atoms with E-state index in [0.29, 0.717) is 33.1 Å². The number of carbonyl (C=O) groups is 1. The lowest BCUT2D eigenvalue weighted by molar-refractivity contribution is 0.0697. The first-order valence-corrected chi connectivity index (χ1v) is 11.0. The third-order valence-corrected chi connectivity index (χ3v) is 5.98. The van der Waals surface area contributed by atoms with Gasteiger partial charge >= 0.3 is 5.97 Å². The maximum atomic E-state index is 14.7. The molecular formula is C25H14Cl2F2N4O2. The maximum absolute atomic E-state index is 14.7. The first kappa shape index (κ1) is 22.9. The molecule has 0 spiro atoms. The van der Waals surface area contributed by atoms with E-state index in [1.807, 2.05) is 0 Å². The fourth-order valence-electron chi connectivity index (χ4n) is 3.82. The minimum absolute atomic E-state index is 0.0728. The van der Waals surface area contributed by atoms with Crippen LogP contribution in [0.1, 0.15) is 27.0 Å². The van der Waals surface area contributed by atoms with Crippen molar-refractivity contribution in [3.63, 3.8) is 0 Å². The second kappa shape index (κ2) is 9.05. The summed E-state index contributed by atoms with van der Waals surface area (Å²) in [7, 11) is 0. The molecule has 0 radical (unpaired) electrons. The van der Waals surface area contributed by atoms with Crippen molar-refractivity contribution >= 4 is 46.5 Å². The van der Waals surface area contributed by atoms with Gasteiger partial charge in [0, 0.05) is 33.6 Å². The SMILES string of the molecule is O=C(O)c1cc(Nc2ncc3c(n2)-c2ccc(Cl)cc2C(c2c(F)cccc2F)=NC3)ccc1Cl. The van der Waals surface area contributed by atoms with Crippen LogP contribution in [0.25, 0.3) is 11.3 Å². The molecule has 35 heavy (non-hydrogen) atoms. The molecule has 0 aliphatic carbocycles. The van der Waals surface area contributed by atoms with Gasteiger partial charge in [-0.25, -0.2) is 23.5 Å². The topological polar surface area (TPSA) is 87.5 Å². The molecule has 6 nitrogen and oxygen atoms in total. The summed E-state index contributed by atoms with van der Waals surface area (Å²) in [5.74, 6) is -2.47. The Balaban J connectivity index is 1.61. The number of benzene rings is 3. The minimum Gasteiger partial charge on any atom is -0.478 e. The number of nitrogens with one attached hydrogen (secondary N) is 1. The van der Waals surface area contributed by atoms with Crippen molar-refractivity contribution in [1.29, 1.82) is 0 Å². The lowest BCUT2D eigenvalue weighted by atomic mass is 9.95. The second-order valence-corrected chi connectivity index (χ2v) is 8.49. The molecule has 3 aromatic carbocycles. The summed E-state index contributed by atoms with van der Waals surface area (Å²) < 4.78 is 29.3. The molecule has 0 amide bonds. The van der Waals surface area contributed by atoms with Gasteiger partial charge in [0.1, 0.15) is 11.6 Å². The molecule has 2 N–H and O–H groups in total. The first-order chi connectivity index (χ1) is 16.8. The highest BCUT2D eigenvalue weighted by Gasteiger charge is 2.25. The van der Waals surface area contributed by atoms with Crippen LogP contribution in [0.15, 0.2) is 65.8 Å². The number of aromatic nitrogens is 2. The smallest absolute Gasteiger partial charge is 0.337 e. The molecular weight excluding hydrogens is 497 g/mol. The zero-order valence-corrected chi connectivity index (χ0v) is 19.2. The van der Waals surface area contributed by atoms with Crippen LogP contribution in [0.4, 0.5) is 20.4 Å². The van der Waals surface area contributed by atoms with Gasteiger partial charge in [-0.3, -0.25) is 4.99 Å². The van der Waals surface area contributed by atoms with Gasteiger partial charge < -0.3 is 10.4 Å². The Morgan fingerprint density at radius 2 is 1.77 bits per heavy atom. The van der Waals surface area contributed by atoms with Crippen molar-refractivity contribution < 1.29 is 18.7 Å². The van der Waals surface area contributed by atoms with Crippen molar-refractivity contribution in [2.45, 2.75) is 6.54 Å². The van der Waals surface area contributed by atoms with Gasteiger partial charge in [0.05, 0.1) is 34.1 Å². The van der Waals surface area contributed by atoms with E-state index in [1.54, 1.807) is 30.5 Å². The molecule has 1 aromatic heterocycles. The van der Waals surface area contributed by atoms with Crippen molar-refractivity contribution in [2.24, 2.45) is 4.99 Å². The molecule has 0 atom stereocenters. The molecule has 2 heterocycles. The molecule has 0 unspecified atom stereocenters. The summed E-state index contributed by atoms with van der Waals surface area (Å²) in [5, 5.41) is 12.8. The highest BCUT2D eigenvalue weighted by atomic mass is 35.5. The Bertz CT molecular complexity index is 1520. The predicted molar refractivity (Wildman–Crippen MR) is 130 cm³/mol. The van der Waals surface area contributed by atoms with E-state index in [4.69, 9.17) is 23.2 Å². The van der Waals surface area contributed by atoms with E-state index >= 15 is 0 Å². The number of hydrogen-bond acceptors (Lipinski definition) is 5. The van der Waals surface area contributed by atoms with Crippen molar-refractivity contribution in [1.82, 2.24) is 9.97 Å². The Morgan fingerprint density at radius 3 is 2.51 bits per heavy atom. The summed E-state index contributed by atoms with van der Waals surface area (Å²) in [6.07, 6.45) is 1.56. The zero-order chi connectivity index (χ0) is 24.7. The van der Waals surface area contributed by atoms with Crippen LogP contribution in [0.3, 0.4) is 0 Å². The monoisotopic (exact) mass is 510 g/mol. The molecule has 10 heteroatoms. The molecule has 1 aliphatic heterocycles. The van der Waals surface area contributed by atoms with Crippen LogP contribution in [-0.4, -0.2) is 26.8 Å². The molecule has 0 saturated heterocycles. The van der Waals surface area contributed by atoms with Gasteiger partial charge in [0.15, 0.2) is 0 Å². The van der Waals surface area contributed by atoms with Crippen LogP contribution in [0, 0.1) is 11.6 Å². The number of nitrogens with zero attached hydrogens (tertiary/aromatic N) is 3. The van der Waals surface area contributed by atoms with E-state index in [1.165, 1.54) is 30.3 Å². The van der Waals surface area contributed by atoms with Crippen molar-refractivity contribution in [3.05, 3.63) is 105 Å². The predicted octanol–water partition coefficient (Wildman–Crippen LogP) is 6.52. The highest BCUT2D eigenvalue weighted by Crippen LogP contribution is 2.35. The number of hydrogen-bond donors (Lipinski definition) is 2. The Kier molecular flexibility index (Phi) is 5.92. The molecule has 174 valence electrons. The third-order valence-electron chi connectivity index (χ3n) is 5.42. The molecule has 0 bridgehead atoms. The Labute approximate surface area is 207 Å². The average molecular weight is 511 g/mol. The van der Waals surface area contributed by atoms with Crippen LogP contribution in [0.2, 0.25) is 10.0 Å². The molecule has 0 saturated carbocycles. The van der Waals surface area contributed by atoms with Crippen molar-refractivity contribution in [2.75, 3.05) is 5.32 Å². The first-order valence-electron chi connectivity index (χ1n) is 10.3. The number of aromatic carboxylic acids is 1. The second-order valence-electron chi connectivity index (χ2n) is 7.64. The number of carboxylic acids is 1. The quantitative estimate of drug-likeness (QED) is 0.326. The number of rotatable bonds is 4. The molecule has 1 aliphatic rings. The van der Waals surface area contributed by atoms with Crippen LogP contribution < -0.4 is 5.32 Å². The van der Waals surface area contributed by atoms with E-state index in [9.17, 15) is 18.7 Å². The van der Waals surface area contributed by atoms with Gasteiger partial charge in [-0.2, -0.15) is 0 Å². The van der Waals surface area contributed by atoms with Gasteiger partial charge in [0.2, 0.25) is 5.95 Å². The van der Waals surface area contributed by atoms with Gasteiger partial charge in [-0.15, -0.1) is 0 Å². The normalized spacial score (nSPS) is 12.3. The fourth-order valence-corrected chi connectivity index (χ4v) is 4.19. The summed E-state index contributed by atoms with van der Waals surface area (Å²) >= 11 is 12.2. The third kappa shape index (κ3) is 4.34. The van der Waals surface area contributed by atoms with Crippen LogP contribution >= 0.6 is 23.2 Å². The van der Waals surface area contributed by atoms with Crippen LogP contribution in [-0.2, 0) is 6.54 Å². The maximum Gasteiger partial charge on any atom is 0.337 e. The summed E-state index contributed by atoms with van der Waals surface area (Å²) in [6.45, 7) is 0.0785. The highest BCUT2D eigenvalue weighted by molar-refractivity contribution is 6.33. The summed E-state index contributed by atoms with van der Waals surface area (Å²) in [5.41, 5.74) is 2.33. The van der Waals surface area contributed by atoms with E-state index < -0.39 is 17.6 Å². The van der Waals surface area contributed by atoms with Crippen molar-refractivity contribution in [3.8, 4) is 11.3 Å². The summed E-state index contributed by atoms with van der Waals surface area (Å²) in [4.78, 5) is 24.8. The lowest BCUT2D eigenvalue weighted by Crippen LogP contribution is -2.10. The standard InChI is InChI=1S/C25H14Cl2F2N4O2/c26-13-4-6-15-16(8-13)23(21-19(28)2-1-3-20(21)29)30-10-12-11-31-25(33-22(12)15)32-14-5-7-18(27)17(9-14)24(34)35/h1-9,11H,10H2,(H,34,35)(H,31,32,33). The van der Waals surface area contributed by atoms with E-state index in [-0.39, 0.29) is 34.4 Å². The fraction of sp³-hybridized carbons (Fsp3) is 0.0400. The summed E-state index contributed by atoms with van der Waals surface area (Å²) in [6, 6.07) is 13.0. The van der Waals surface area contributed by atoms with E-state index in [0.717, 1.165) is 0 Å². The number of halogens is 4. The zero-order valence-electron chi connectivity index (χ0n) is 17.7. The number of anilines is 2. The van der Waals surface area contributed by atoms with Gasteiger partial charge in [0.25, 0.3) is 0 Å². The number of carboxylic acid groups (broad SMARTS) is 1.